The maximum Gasteiger partial charge on any atom is 0.257 e. The number of carbonyl (C=O) groups excluding carboxylic acids is 1. The van der Waals surface area contributed by atoms with E-state index in [4.69, 9.17) is 9.47 Å². The van der Waals surface area contributed by atoms with Crippen molar-refractivity contribution < 1.29 is 14.3 Å². The summed E-state index contributed by atoms with van der Waals surface area (Å²) in [7, 11) is 1.56. The maximum absolute atomic E-state index is 12.4. The van der Waals surface area contributed by atoms with Crippen molar-refractivity contribution in [1.82, 2.24) is 10.2 Å². The summed E-state index contributed by atoms with van der Waals surface area (Å²) in [4.78, 5) is 12.4. The number of allylic oxidation sites excluding steroid dienone is 1. The second-order valence-electron chi connectivity index (χ2n) is 7.21. The van der Waals surface area contributed by atoms with Gasteiger partial charge in [0.25, 0.3) is 5.91 Å². The van der Waals surface area contributed by atoms with Gasteiger partial charge >= 0.3 is 0 Å². The van der Waals surface area contributed by atoms with E-state index in [1.54, 1.807) is 43.5 Å². The lowest BCUT2D eigenvalue weighted by Crippen LogP contribution is -2.11. The van der Waals surface area contributed by atoms with Crippen molar-refractivity contribution in [2.24, 2.45) is 0 Å². The van der Waals surface area contributed by atoms with Crippen LogP contribution in [0.5, 0.6) is 11.5 Å². The van der Waals surface area contributed by atoms with Crippen molar-refractivity contribution >= 4 is 50.0 Å². The predicted molar refractivity (Wildman–Crippen MR) is 139 cm³/mol. The van der Waals surface area contributed by atoms with E-state index in [9.17, 15) is 10.1 Å². The zero-order chi connectivity index (χ0) is 24.6. The molecule has 0 saturated carbocycles. The van der Waals surface area contributed by atoms with Crippen LogP contribution >= 0.6 is 27.3 Å². The Morgan fingerprint density at radius 1 is 1.11 bits per heavy atom. The largest absolute Gasteiger partial charge is 0.493 e. The highest BCUT2D eigenvalue weighted by atomic mass is 79.9. The van der Waals surface area contributed by atoms with Crippen molar-refractivity contribution in [2.75, 3.05) is 12.4 Å². The second kappa shape index (κ2) is 11.4. The Balaban J connectivity index is 1.53. The van der Waals surface area contributed by atoms with Crippen LogP contribution in [0.15, 0.2) is 77.3 Å². The number of hydrogen-bond acceptors (Lipinski definition) is 7. The molecule has 0 aliphatic rings. The number of aromatic nitrogens is 2. The Labute approximate surface area is 214 Å². The third-order valence-corrected chi connectivity index (χ3v) is 6.28. The number of methoxy groups -OCH3 is 1. The van der Waals surface area contributed by atoms with Crippen molar-refractivity contribution in [3.63, 3.8) is 0 Å². The molecule has 0 radical (unpaired) electrons. The summed E-state index contributed by atoms with van der Waals surface area (Å²) in [5, 5.41) is 21.2. The Hall–Kier alpha value is -4.00. The van der Waals surface area contributed by atoms with E-state index in [1.807, 2.05) is 42.5 Å². The van der Waals surface area contributed by atoms with Gasteiger partial charge in [0.15, 0.2) is 16.5 Å². The number of ether oxygens (including phenoxy) is 2. The summed E-state index contributed by atoms with van der Waals surface area (Å²) in [6, 6.07) is 24.4. The van der Waals surface area contributed by atoms with E-state index in [2.05, 4.69) is 37.5 Å². The molecule has 1 heterocycles. The first-order chi connectivity index (χ1) is 17.1. The van der Waals surface area contributed by atoms with Crippen molar-refractivity contribution in [2.45, 2.75) is 6.61 Å². The van der Waals surface area contributed by atoms with Crippen LogP contribution in [0.2, 0.25) is 0 Å². The van der Waals surface area contributed by atoms with E-state index in [0.29, 0.717) is 49.4 Å². The molecule has 4 aromatic rings. The molecule has 4 rings (SSSR count). The first-order valence-electron chi connectivity index (χ1n) is 10.4. The van der Waals surface area contributed by atoms with Gasteiger partial charge in [-0.15, -0.1) is 10.2 Å². The zero-order valence-electron chi connectivity index (χ0n) is 18.6. The Kier molecular flexibility index (Phi) is 7.88. The van der Waals surface area contributed by atoms with E-state index in [1.165, 1.54) is 0 Å². The van der Waals surface area contributed by atoms with Gasteiger partial charge < -0.3 is 9.47 Å². The average molecular weight is 547 g/mol. The second-order valence-corrected chi connectivity index (χ2v) is 9.04. The number of amides is 1. The number of nitriles is 1. The van der Waals surface area contributed by atoms with Crippen LogP contribution in [-0.2, 0) is 6.61 Å². The molecule has 3 aromatic carbocycles. The van der Waals surface area contributed by atoms with Gasteiger partial charge in [-0.05, 0) is 57.4 Å². The Morgan fingerprint density at radius 2 is 1.83 bits per heavy atom. The Morgan fingerprint density at radius 3 is 2.51 bits per heavy atom. The van der Waals surface area contributed by atoms with E-state index in [-0.39, 0.29) is 5.91 Å². The van der Waals surface area contributed by atoms with Crippen LogP contribution in [0.1, 0.15) is 26.5 Å². The minimum atomic E-state index is -0.296. The quantitative estimate of drug-likeness (QED) is 0.264. The van der Waals surface area contributed by atoms with Gasteiger partial charge in [-0.2, -0.15) is 5.26 Å². The highest BCUT2D eigenvalue weighted by molar-refractivity contribution is 9.10. The smallest absolute Gasteiger partial charge is 0.257 e. The van der Waals surface area contributed by atoms with Crippen LogP contribution < -0.4 is 14.8 Å². The number of nitrogens with one attached hydrogen (secondary N) is 1. The normalized spacial score (nSPS) is 10.9. The van der Waals surface area contributed by atoms with E-state index in [0.717, 1.165) is 16.9 Å². The van der Waals surface area contributed by atoms with Crippen LogP contribution in [0.3, 0.4) is 0 Å². The fourth-order valence-corrected chi connectivity index (χ4v) is 4.42. The Bertz CT molecular complexity index is 1400. The summed E-state index contributed by atoms with van der Waals surface area (Å²) in [5.41, 5.74) is 2.55. The number of carbonyl (C=O) groups is 1. The van der Waals surface area contributed by atoms with Gasteiger partial charge in [0.1, 0.15) is 12.7 Å². The molecule has 0 aliphatic carbocycles. The number of benzene rings is 3. The lowest BCUT2D eigenvalue weighted by atomic mass is 10.1. The highest BCUT2D eigenvalue weighted by Gasteiger charge is 2.15. The molecular formula is C26H19BrN4O3S. The molecule has 0 bridgehead atoms. The van der Waals surface area contributed by atoms with Crippen molar-refractivity contribution in [3.05, 3.63) is 99.0 Å². The van der Waals surface area contributed by atoms with E-state index < -0.39 is 0 Å². The summed E-state index contributed by atoms with van der Waals surface area (Å²) in [6.45, 7) is 0.386. The summed E-state index contributed by atoms with van der Waals surface area (Å²) >= 11 is 4.66. The fraction of sp³-hybridized carbons (Fsp3) is 0.0769. The van der Waals surface area contributed by atoms with Crippen molar-refractivity contribution in [1.29, 1.82) is 5.26 Å². The molecule has 1 amide bonds. The molecular weight excluding hydrogens is 528 g/mol. The molecule has 174 valence electrons. The van der Waals surface area contributed by atoms with Crippen molar-refractivity contribution in [3.8, 4) is 17.6 Å². The molecule has 7 nitrogen and oxygen atoms in total. The zero-order valence-corrected chi connectivity index (χ0v) is 21.0. The summed E-state index contributed by atoms with van der Waals surface area (Å²) in [5.74, 6) is 0.788. The minimum absolute atomic E-state index is 0.296. The number of halogens is 1. The SMILES string of the molecule is COc1cc(C=C(C#N)c2nnc(NC(=O)c3ccccc3)s2)cc(Br)c1OCc1ccccc1. The predicted octanol–water partition coefficient (Wildman–Crippen LogP) is 6.20. The van der Waals surface area contributed by atoms with Crippen LogP contribution in [-0.4, -0.2) is 23.2 Å². The molecule has 0 unspecified atom stereocenters. The van der Waals surface area contributed by atoms with Crippen LogP contribution in [0, 0.1) is 11.3 Å². The lowest BCUT2D eigenvalue weighted by molar-refractivity contribution is 0.102. The number of hydrogen-bond donors (Lipinski definition) is 1. The molecule has 0 aliphatic heterocycles. The third kappa shape index (κ3) is 6.12. The summed E-state index contributed by atoms with van der Waals surface area (Å²) in [6.07, 6.45) is 1.68. The first kappa shape index (κ1) is 24.1. The number of nitrogens with zero attached hydrogens (tertiary/aromatic N) is 3. The molecule has 0 atom stereocenters. The number of anilines is 1. The monoisotopic (exact) mass is 546 g/mol. The average Bonchev–Trinajstić information content (AvgIpc) is 3.35. The first-order valence-corrected chi connectivity index (χ1v) is 12.0. The summed E-state index contributed by atoms with van der Waals surface area (Å²) < 4.78 is 12.2. The van der Waals surface area contributed by atoms with Gasteiger partial charge in [-0.1, -0.05) is 59.9 Å². The van der Waals surface area contributed by atoms with Crippen LogP contribution in [0.25, 0.3) is 11.6 Å². The topological polar surface area (TPSA) is 97.1 Å². The maximum atomic E-state index is 12.4. The van der Waals surface area contributed by atoms with Gasteiger partial charge in [0.05, 0.1) is 17.2 Å². The lowest BCUT2D eigenvalue weighted by Gasteiger charge is -2.13. The molecule has 1 N–H and O–H groups in total. The number of rotatable bonds is 8. The van der Waals surface area contributed by atoms with Gasteiger partial charge in [0.2, 0.25) is 5.13 Å². The molecule has 0 saturated heterocycles. The van der Waals surface area contributed by atoms with Crippen LogP contribution in [0.4, 0.5) is 5.13 Å². The molecule has 35 heavy (non-hydrogen) atoms. The standard InChI is InChI=1S/C26H19BrN4O3S/c1-33-22-14-18(13-21(27)23(22)34-16-17-8-4-2-5-9-17)12-20(15-28)25-30-31-26(35-25)29-24(32)19-10-6-3-7-11-19/h2-14H,16H2,1H3,(H,29,31,32). The third-order valence-electron chi connectivity index (χ3n) is 4.82. The van der Waals surface area contributed by atoms with Gasteiger partial charge in [-0.3, -0.25) is 10.1 Å². The highest BCUT2D eigenvalue weighted by Crippen LogP contribution is 2.38. The molecule has 0 fully saturated rings. The fourth-order valence-electron chi connectivity index (χ4n) is 3.14. The van der Waals surface area contributed by atoms with Gasteiger partial charge in [0, 0.05) is 5.56 Å². The molecule has 1 aromatic heterocycles. The molecule has 9 heteroatoms. The molecule has 0 spiro atoms. The minimum Gasteiger partial charge on any atom is -0.493 e. The van der Waals surface area contributed by atoms with Gasteiger partial charge in [-0.25, -0.2) is 0 Å². The van der Waals surface area contributed by atoms with E-state index >= 15 is 0 Å².